The summed E-state index contributed by atoms with van der Waals surface area (Å²) in [5.41, 5.74) is 0. The van der Waals surface area contributed by atoms with Gasteiger partial charge < -0.3 is 15.4 Å². The number of hydrogen-bond acceptors (Lipinski definition) is 7. The molecule has 0 saturated carbocycles. The van der Waals surface area contributed by atoms with E-state index in [1.54, 1.807) is 17.4 Å². The number of carboxylic acid groups (broad SMARTS) is 1. The number of rotatable bonds is 6. The van der Waals surface area contributed by atoms with Crippen LogP contribution in [0, 0.1) is 0 Å². The predicted molar refractivity (Wildman–Crippen MR) is 82.5 cm³/mol. The zero-order chi connectivity index (χ0) is 15.5. The van der Waals surface area contributed by atoms with Crippen LogP contribution in [0.2, 0.25) is 0 Å². The van der Waals surface area contributed by atoms with Crippen molar-refractivity contribution in [3.05, 3.63) is 51.9 Å². The monoisotopic (exact) mass is 336 g/mol. The molecule has 0 aliphatic rings. The molecular formula is C13H12N4O3S2. The average molecular weight is 336 g/mol. The van der Waals surface area contributed by atoms with Gasteiger partial charge in [-0.05, 0) is 23.6 Å². The van der Waals surface area contributed by atoms with Crippen LogP contribution in [0.5, 0.6) is 0 Å². The van der Waals surface area contributed by atoms with Crippen LogP contribution < -0.4 is 5.84 Å². The molecule has 0 aromatic carbocycles. The molecule has 7 nitrogen and oxygen atoms in total. The van der Waals surface area contributed by atoms with Crippen molar-refractivity contribution in [2.75, 3.05) is 5.84 Å². The first-order valence-electron chi connectivity index (χ1n) is 6.30. The van der Waals surface area contributed by atoms with Gasteiger partial charge in [0.2, 0.25) is 10.9 Å². The Kier molecular flexibility index (Phi) is 4.16. The molecule has 0 saturated heterocycles. The molecule has 0 bridgehead atoms. The van der Waals surface area contributed by atoms with Gasteiger partial charge in [0.25, 0.3) is 0 Å². The molecule has 0 amide bonds. The van der Waals surface area contributed by atoms with E-state index in [0.717, 1.165) is 4.88 Å². The van der Waals surface area contributed by atoms with Crippen LogP contribution in [0.1, 0.15) is 27.0 Å². The van der Waals surface area contributed by atoms with E-state index in [2.05, 4.69) is 10.2 Å². The summed E-state index contributed by atoms with van der Waals surface area (Å²) in [7, 11) is 0. The summed E-state index contributed by atoms with van der Waals surface area (Å²) in [6.45, 7) is 0. The molecule has 3 rings (SSSR count). The summed E-state index contributed by atoms with van der Waals surface area (Å²) in [4.78, 5) is 11.9. The highest BCUT2D eigenvalue weighted by Gasteiger charge is 2.13. The topological polar surface area (TPSA) is 107 Å². The standard InChI is InChI=1S/C13H12N4O3S2/c14-17-11(6-9-2-1-5-21-9)15-16-13(17)22-7-8-3-4-10(20-8)12(18)19/h1-5H,6-7,14H2,(H,18,19). The van der Waals surface area contributed by atoms with Gasteiger partial charge in [-0.25, -0.2) is 9.47 Å². The Bertz CT molecular complexity index is 779. The van der Waals surface area contributed by atoms with Crippen molar-refractivity contribution in [2.24, 2.45) is 0 Å². The van der Waals surface area contributed by atoms with E-state index < -0.39 is 5.97 Å². The molecule has 3 aromatic heterocycles. The minimum atomic E-state index is -1.09. The summed E-state index contributed by atoms with van der Waals surface area (Å²) in [5, 5.41) is 19.5. The molecule has 0 fully saturated rings. The molecule has 0 aliphatic carbocycles. The first kappa shape index (κ1) is 14.7. The number of furan rings is 1. The maximum absolute atomic E-state index is 10.8. The largest absolute Gasteiger partial charge is 0.475 e. The molecule has 0 aliphatic heterocycles. The van der Waals surface area contributed by atoms with Gasteiger partial charge in [0.15, 0.2) is 5.82 Å². The number of carbonyl (C=O) groups is 1. The lowest BCUT2D eigenvalue weighted by atomic mass is 10.3. The molecule has 0 radical (unpaired) electrons. The number of nitrogen functional groups attached to an aromatic ring is 1. The number of aromatic nitrogens is 3. The first-order chi connectivity index (χ1) is 10.6. The van der Waals surface area contributed by atoms with Crippen molar-refractivity contribution in [3.63, 3.8) is 0 Å². The van der Waals surface area contributed by atoms with Gasteiger partial charge in [0.1, 0.15) is 5.76 Å². The van der Waals surface area contributed by atoms with E-state index in [1.807, 2.05) is 17.5 Å². The van der Waals surface area contributed by atoms with Crippen LogP contribution in [0.3, 0.4) is 0 Å². The summed E-state index contributed by atoms with van der Waals surface area (Å²) >= 11 is 2.98. The van der Waals surface area contributed by atoms with Crippen molar-refractivity contribution in [1.82, 2.24) is 14.9 Å². The molecule has 3 aromatic rings. The van der Waals surface area contributed by atoms with Crippen LogP contribution >= 0.6 is 23.1 Å². The zero-order valence-electron chi connectivity index (χ0n) is 11.3. The van der Waals surface area contributed by atoms with E-state index in [0.29, 0.717) is 28.9 Å². The Hall–Kier alpha value is -2.26. The highest BCUT2D eigenvalue weighted by Crippen LogP contribution is 2.23. The first-order valence-corrected chi connectivity index (χ1v) is 8.16. The smallest absolute Gasteiger partial charge is 0.371 e. The maximum Gasteiger partial charge on any atom is 0.371 e. The van der Waals surface area contributed by atoms with Gasteiger partial charge >= 0.3 is 5.97 Å². The van der Waals surface area contributed by atoms with E-state index in [9.17, 15) is 4.79 Å². The Morgan fingerprint density at radius 2 is 2.27 bits per heavy atom. The Balaban J connectivity index is 1.65. The van der Waals surface area contributed by atoms with Crippen LogP contribution in [-0.4, -0.2) is 25.9 Å². The molecule has 0 spiro atoms. The fraction of sp³-hybridized carbons (Fsp3) is 0.154. The van der Waals surface area contributed by atoms with Crippen molar-refractivity contribution >= 4 is 29.1 Å². The van der Waals surface area contributed by atoms with E-state index >= 15 is 0 Å². The number of thioether (sulfide) groups is 1. The van der Waals surface area contributed by atoms with Crippen molar-refractivity contribution < 1.29 is 14.3 Å². The summed E-state index contributed by atoms with van der Waals surface area (Å²) in [5.74, 6) is 6.48. The third-order valence-electron chi connectivity index (χ3n) is 2.86. The Morgan fingerprint density at radius 1 is 1.41 bits per heavy atom. The number of nitrogens with two attached hydrogens (primary N) is 1. The highest BCUT2D eigenvalue weighted by atomic mass is 32.2. The van der Waals surface area contributed by atoms with E-state index in [-0.39, 0.29) is 5.76 Å². The van der Waals surface area contributed by atoms with Gasteiger partial charge in [0.05, 0.1) is 5.75 Å². The molecule has 0 atom stereocenters. The minimum Gasteiger partial charge on any atom is -0.475 e. The molecular weight excluding hydrogens is 324 g/mol. The summed E-state index contributed by atoms with van der Waals surface area (Å²) in [6, 6.07) is 7.04. The third-order valence-corrected chi connectivity index (χ3v) is 4.71. The predicted octanol–water partition coefficient (Wildman–Crippen LogP) is 2.23. The van der Waals surface area contributed by atoms with Crippen LogP contribution in [0.15, 0.2) is 39.2 Å². The second-order valence-electron chi connectivity index (χ2n) is 4.38. The Morgan fingerprint density at radius 3 is 2.95 bits per heavy atom. The molecule has 22 heavy (non-hydrogen) atoms. The van der Waals surface area contributed by atoms with Crippen molar-refractivity contribution in [1.29, 1.82) is 0 Å². The second kappa shape index (κ2) is 6.24. The molecule has 3 N–H and O–H groups in total. The average Bonchev–Trinajstić information content (AvgIpc) is 3.21. The normalized spacial score (nSPS) is 10.9. The fourth-order valence-electron chi connectivity index (χ4n) is 1.80. The van der Waals surface area contributed by atoms with Crippen molar-refractivity contribution in [3.8, 4) is 0 Å². The van der Waals surface area contributed by atoms with E-state index in [4.69, 9.17) is 15.4 Å². The molecule has 114 valence electrons. The third kappa shape index (κ3) is 3.15. The quantitative estimate of drug-likeness (QED) is 0.525. The lowest BCUT2D eigenvalue weighted by molar-refractivity contribution is 0.0661. The second-order valence-corrected chi connectivity index (χ2v) is 6.36. The molecule has 9 heteroatoms. The lowest BCUT2D eigenvalue weighted by Crippen LogP contribution is -2.14. The molecule has 0 unspecified atom stereocenters. The van der Waals surface area contributed by atoms with Crippen LogP contribution in [-0.2, 0) is 12.2 Å². The number of carboxylic acids is 1. The summed E-state index contributed by atoms with van der Waals surface area (Å²) in [6.07, 6.45) is 0.631. The van der Waals surface area contributed by atoms with Gasteiger partial charge in [-0.2, -0.15) is 0 Å². The zero-order valence-corrected chi connectivity index (χ0v) is 12.9. The van der Waals surface area contributed by atoms with Gasteiger partial charge in [0, 0.05) is 11.3 Å². The van der Waals surface area contributed by atoms with Gasteiger partial charge in [-0.3, -0.25) is 0 Å². The maximum atomic E-state index is 10.8. The van der Waals surface area contributed by atoms with E-state index in [1.165, 1.54) is 22.5 Å². The lowest BCUT2D eigenvalue weighted by Gasteiger charge is -2.01. The van der Waals surface area contributed by atoms with Crippen molar-refractivity contribution in [2.45, 2.75) is 17.3 Å². The number of thiophene rings is 1. The summed E-state index contributed by atoms with van der Waals surface area (Å²) < 4.78 is 6.63. The SMILES string of the molecule is Nn1c(Cc2cccs2)nnc1SCc1ccc(C(=O)O)o1. The minimum absolute atomic E-state index is 0.0804. The van der Waals surface area contributed by atoms with Crippen LogP contribution in [0.4, 0.5) is 0 Å². The number of aromatic carboxylic acids is 1. The number of hydrogen-bond donors (Lipinski definition) is 2. The number of nitrogens with zero attached hydrogens (tertiary/aromatic N) is 3. The van der Waals surface area contributed by atoms with Crippen LogP contribution in [0.25, 0.3) is 0 Å². The Labute approximate surface area is 133 Å². The van der Waals surface area contributed by atoms with Gasteiger partial charge in [-0.15, -0.1) is 21.5 Å². The highest BCUT2D eigenvalue weighted by molar-refractivity contribution is 7.98. The molecule has 3 heterocycles. The fourth-order valence-corrected chi connectivity index (χ4v) is 3.27. The van der Waals surface area contributed by atoms with Gasteiger partial charge in [-0.1, -0.05) is 17.8 Å².